The number of rotatable bonds is 6. The first-order valence-corrected chi connectivity index (χ1v) is 10.6. The molecule has 0 unspecified atom stereocenters. The summed E-state index contributed by atoms with van der Waals surface area (Å²) in [5.74, 6) is 0.930. The molecule has 0 aliphatic carbocycles. The number of pyridine rings is 2. The first-order chi connectivity index (χ1) is 15.1. The Balaban J connectivity index is 1.72. The minimum absolute atomic E-state index is 0.00923. The second kappa shape index (κ2) is 9.14. The maximum absolute atomic E-state index is 12.9. The average Bonchev–Trinajstić information content (AvgIpc) is 2.79. The number of fused-ring (bicyclic) bond motifs is 1. The van der Waals surface area contributed by atoms with Gasteiger partial charge in [-0.05, 0) is 30.7 Å². The third-order valence-electron chi connectivity index (χ3n) is 5.73. The van der Waals surface area contributed by atoms with Crippen molar-refractivity contribution in [2.45, 2.75) is 6.92 Å². The standard InChI is InChI=1S/C26H28N4O/c1-4-9-21(5-2)19-28-12-14-29(15-13-28)26-17-25(31)23-18-27-20(3)16-24(23)30(26)22-10-7-6-8-11-22/h4-11,16-18H,1-2,12-15,19H2,3H3/b21-9+. The molecule has 0 bridgehead atoms. The molecule has 1 aromatic carbocycles. The van der Waals surface area contributed by atoms with Gasteiger partial charge >= 0.3 is 0 Å². The summed E-state index contributed by atoms with van der Waals surface area (Å²) < 4.78 is 2.19. The molecule has 1 fully saturated rings. The van der Waals surface area contributed by atoms with Crippen molar-refractivity contribution in [1.82, 2.24) is 14.5 Å². The Kier molecular flexibility index (Phi) is 6.14. The number of hydrogen-bond donors (Lipinski definition) is 0. The molecule has 158 valence electrons. The van der Waals surface area contributed by atoms with Crippen LogP contribution in [0.3, 0.4) is 0 Å². The Bertz CT molecular complexity index is 1190. The van der Waals surface area contributed by atoms with Gasteiger partial charge in [-0.1, -0.05) is 49.6 Å². The summed E-state index contributed by atoms with van der Waals surface area (Å²) in [7, 11) is 0. The van der Waals surface area contributed by atoms with Crippen molar-refractivity contribution in [1.29, 1.82) is 0 Å². The monoisotopic (exact) mass is 412 g/mol. The van der Waals surface area contributed by atoms with Crippen molar-refractivity contribution in [2.24, 2.45) is 0 Å². The van der Waals surface area contributed by atoms with E-state index in [9.17, 15) is 4.79 Å². The number of hydrogen-bond acceptors (Lipinski definition) is 4. The molecule has 5 nitrogen and oxygen atoms in total. The highest BCUT2D eigenvalue weighted by molar-refractivity contribution is 5.83. The number of para-hydroxylation sites is 1. The molecule has 1 aliphatic heterocycles. The van der Waals surface area contributed by atoms with Gasteiger partial charge in [0.05, 0.1) is 10.9 Å². The largest absolute Gasteiger partial charge is 0.355 e. The normalized spacial score (nSPS) is 15.3. The molecule has 31 heavy (non-hydrogen) atoms. The van der Waals surface area contributed by atoms with Crippen molar-refractivity contribution in [3.63, 3.8) is 0 Å². The Hall–Kier alpha value is -3.44. The van der Waals surface area contributed by atoms with Gasteiger partial charge in [0.1, 0.15) is 5.82 Å². The summed E-state index contributed by atoms with van der Waals surface area (Å²) in [6.45, 7) is 14.0. The lowest BCUT2D eigenvalue weighted by Crippen LogP contribution is -2.47. The van der Waals surface area contributed by atoms with Crippen LogP contribution in [0, 0.1) is 6.92 Å². The van der Waals surface area contributed by atoms with E-state index in [1.807, 2.05) is 43.3 Å². The Morgan fingerprint density at radius 1 is 1.10 bits per heavy atom. The lowest BCUT2D eigenvalue weighted by molar-refractivity contribution is 0.279. The third kappa shape index (κ3) is 4.37. The number of allylic oxidation sites excluding steroid dienone is 2. The molecule has 2 aromatic heterocycles. The van der Waals surface area contributed by atoms with Crippen molar-refractivity contribution >= 4 is 16.7 Å². The van der Waals surface area contributed by atoms with Crippen molar-refractivity contribution < 1.29 is 0 Å². The van der Waals surface area contributed by atoms with E-state index < -0.39 is 0 Å². The summed E-state index contributed by atoms with van der Waals surface area (Å²) in [4.78, 5) is 22.0. The van der Waals surface area contributed by atoms with Crippen LogP contribution in [-0.2, 0) is 0 Å². The van der Waals surface area contributed by atoms with E-state index in [0.29, 0.717) is 5.39 Å². The van der Waals surface area contributed by atoms with E-state index in [2.05, 4.69) is 44.6 Å². The molecule has 0 amide bonds. The van der Waals surface area contributed by atoms with Crippen LogP contribution < -0.4 is 10.3 Å². The Morgan fingerprint density at radius 3 is 2.52 bits per heavy atom. The molecule has 4 rings (SSSR count). The van der Waals surface area contributed by atoms with Gasteiger partial charge in [-0.3, -0.25) is 19.2 Å². The second-order valence-corrected chi connectivity index (χ2v) is 7.83. The zero-order valence-electron chi connectivity index (χ0n) is 18.0. The van der Waals surface area contributed by atoms with Gasteiger partial charge in [0, 0.05) is 56.4 Å². The van der Waals surface area contributed by atoms with Gasteiger partial charge in [-0.2, -0.15) is 0 Å². The highest BCUT2D eigenvalue weighted by Gasteiger charge is 2.22. The van der Waals surface area contributed by atoms with Crippen LogP contribution in [0.4, 0.5) is 5.82 Å². The Morgan fingerprint density at radius 2 is 1.84 bits per heavy atom. The van der Waals surface area contributed by atoms with Gasteiger partial charge in [0.2, 0.25) is 0 Å². The number of benzene rings is 1. The summed E-state index contributed by atoms with van der Waals surface area (Å²) in [6.07, 6.45) is 7.39. The van der Waals surface area contributed by atoms with Gasteiger partial charge < -0.3 is 4.90 Å². The number of aryl methyl sites for hydroxylation is 1. The number of nitrogens with zero attached hydrogens (tertiary/aromatic N) is 4. The fourth-order valence-corrected chi connectivity index (χ4v) is 4.11. The molecule has 0 atom stereocenters. The molecule has 0 saturated carbocycles. The molecule has 1 saturated heterocycles. The van der Waals surface area contributed by atoms with Crippen LogP contribution in [0.2, 0.25) is 0 Å². The van der Waals surface area contributed by atoms with E-state index in [4.69, 9.17) is 0 Å². The molecule has 0 N–H and O–H groups in total. The van der Waals surface area contributed by atoms with Gasteiger partial charge in [0.25, 0.3) is 0 Å². The van der Waals surface area contributed by atoms with Crippen LogP contribution in [0.15, 0.2) is 90.4 Å². The second-order valence-electron chi connectivity index (χ2n) is 7.83. The molecule has 5 heteroatoms. The molecule has 3 heterocycles. The minimum Gasteiger partial charge on any atom is -0.355 e. The lowest BCUT2D eigenvalue weighted by atomic mass is 10.1. The van der Waals surface area contributed by atoms with E-state index in [1.165, 1.54) is 5.57 Å². The maximum atomic E-state index is 12.9. The van der Waals surface area contributed by atoms with E-state index in [0.717, 1.165) is 55.4 Å². The maximum Gasteiger partial charge on any atom is 0.193 e. The van der Waals surface area contributed by atoms with Crippen LogP contribution in [0.1, 0.15) is 5.69 Å². The molecule has 0 radical (unpaired) electrons. The highest BCUT2D eigenvalue weighted by Crippen LogP contribution is 2.26. The summed E-state index contributed by atoms with van der Waals surface area (Å²) >= 11 is 0. The van der Waals surface area contributed by atoms with Gasteiger partial charge in [0.15, 0.2) is 5.43 Å². The van der Waals surface area contributed by atoms with Gasteiger partial charge in [-0.25, -0.2) is 0 Å². The molecule has 0 spiro atoms. The number of anilines is 1. The minimum atomic E-state index is 0.00923. The summed E-state index contributed by atoms with van der Waals surface area (Å²) in [5.41, 5.74) is 4.00. The van der Waals surface area contributed by atoms with E-state index in [-0.39, 0.29) is 5.43 Å². The van der Waals surface area contributed by atoms with E-state index >= 15 is 0 Å². The van der Waals surface area contributed by atoms with Crippen LogP contribution in [0.25, 0.3) is 16.6 Å². The van der Waals surface area contributed by atoms with Crippen LogP contribution in [-0.4, -0.2) is 47.2 Å². The summed E-state index contributed by atoms with van der Waals surface area (Å²) in [5, 5.41) is 0.641. The number of piperazine rings is 1. The zero-order chi connectivity index (χ0) is 21.8. The zero-order valence-corrected chi connectivity index (χ0v) is 18.0. The summed E-state index contributed by atoms with van der Waals surface area (Å²) in [6, 6.07) is 14.0. The predicted molar refractivity (Wildman–Crippen MR) is 129 cm³/mol. The fourth-order valence-electron chi connectivity index (χ4n) is 4.11. The van der Waals surface area contributed by atoms with Crippen LogP contribution in [0.5, 0.6) is 0 Å². The molecule has 3 aromatic rings. The topological polar surface area (TPSA) is 41.4 Å². The van der Waals surface area contributed by atoms with Gasteiger partial charge in [-0.15, -0.1) is 0 Å². The van der Waals surface area contributed by atoms with E-state index in [1.54, 1.807) is 18.3 Å². The molecule has 1 aliphatic rings. The fraction of sp³-hybridized carbons (Fsp3) is 0.231. The first-order valence-electron chi connectivity index (χ1n) is 10.6. The highest BCUT2D eigenvalue weighted by atomic mass is 16.1. The number of aromatic nitrogens is 2. The van der Waals surface area contributed by atoms with Crippen molar-refractivity contribution in [2.75, 3.05) is 37.6 Å². The lowest BCUT2D eigenvalue weighted by Gasteiger charge is -2.37. The quantitative estimate of drug-likeness (QED) is 0.571. The SMILES string of the molecule is C=C/C=C(\C=C)CN1CCN(c2cc(=O)c3cnc(C)cc3n2-c2ccccc2)CC1. The Labute approximate surface area is 183 Å². The average molecular weight is 413 g/mol. The smallest absolute Gasteiger partial charge is 0.193 e. The third-order valence-corrected chi connectivity index (χ3v) is 5.73. The first kappa shape index (κ1) is 20.8. The predicted octanol–water partition coefficient (Wildman–Crippen LogP) is 4.11. The van der Waals surface area contributed by atoms with Crippen molar-refractivity contribution in [3.8, 4) is 5.69 Å². The van der Waals surface area contributed by atoms with Crippen LogP contribution >= 0.6 is 0 Å². The van der Waals surface area contributed by atoms with Crippen molar-refractivity contribution in [3.05, 3.63) is 102 Å². The molecular formula is C26H28N4O. The molecular weight excluding hydrogens is 384 g/mol.